The average Bonchev–Trinajstić information content (AvgIpc) is 3.18. The highest BCUT2D eigenvalue weighted by molar-refractivity contribution is 5.78. The smallest absolute Gasteiger partial charge is 0.397 e. The zero-order chi connectivity index (χ0) is 17.6. The molecule has 9 heteroatoms. The fourth-order valence-corrected chi connectivity index (χ4v) is 3.07. The Hall–Kier alpha value is -2.71. The van der Waals surface area contributed by atoms with E-state index in [9.17, 15) is 18.0 Å². The van der Waals surface area contributed by atoms with Gasteiger partial charge in [0.15, 0.2) is 11.5 Å². The molecule has 0 bridgehead atoms. The molecule has 1 N–H and O–H groups in total. The molecule has 0 spiro atoms. The van der Waals surface area contributed by atoms with Crippen molar-refractivity contribution in [1.29, 1.82) is 0 Å². The van der Waals surface area contributed by atoms with Crippen molar-refractivity contribution in [3.05, 3.63) is 29.5 Å². The Morgan fingerprint density at radius 1 is 1.28 bits per heavy atom. The molecule has 2 aromatic rings. The molecule has 0 fully saturated rings. The van der Waals surface area contributed by atoms with E-state index in [1.165, 1.54) is 4.90 Å². The number of halogens is 3. The van der Waals surface area contributed by atoms with Crippen molar-refractivity contribution in [1.82, 2.24) is 15.1 Å². The van der Waals surface area contributed by atoms with Crippen LogP contribution in [0.1, 0.15) is 17.7 Å². The first-order valence-electron chi connectivity index (χ1n) is 7.71. The number of aromatic nitrogens is 2. The lowest BCUT2D eigenvalue weighted by Crippen LogP contribution is -2.38. The van der Waals surface area contributed by atoms with Crippen molar-refractivity contribution in [2.75, 3.05) is 13.3 Å². The number of hydrogen-bond donors (Lipinski definition) is 1. The van der Waals surface area contributed by atoms with Crippen molar-refractivity contribution in [2.45, 2.75) is 25.6 Å². The van der Waals surface area contributed by atoms with Gasteiger partial charge in [-0.15, -0.1) is 0 Å². The minimum atomic E-state index is -4.51. The van der Waals surface area contributed by atoms with E-state index in [2.05, 4.69) is 10.2 Å². The third kappa shape index (κ3) is 3.01. The molecule has 0 aliphatic carbocycles. The number of amides is 1. The van der Waals surface area contributed by atoms with Crippen LogP contribution in [0.5, 0.6) is 11.5 Å². The van der Waals surface area contributed by atoms with E-state index in [0.29, 0.717) is 23.6 Å². The maximum atomic E-state index is 12.5. The van der Waals surface area contributed by atoms with E-state index in [1.807, 2.05) is 0 Å². The number of hydrogen-bond acceptors (Lipinski definition) is 4. The van der Waals surface area contributed by atoms with Gasteiger partial charge in [0, 0.05) is 36.3 Å². The Kier molecular flexibility index (Phi) is 3.59. The number of carbonyl (C=O) groups excluding carboxylic acids is 1. The number of nitrogens with zero attached hydrogens (tertiary/aromatic N) is 2. The molecule has 1 aromatic carbocycles. The summed E-state index contributed by atoms with van der Waals surface area (Å²) >= 11 is 0. The minimum absolute atomic E-state index is 0.102. The Balaban J connectivity index is 1.60. The highest BCUT2D eigenvalue weighted by Gasteiger charge is 2.35. The fraction of sp³-hybridized carbons (Fsp3) is 0.375. The summed E-state index contributed by atoms with van der Waals surface area (Å²) in [7, 11) is 0. The van der Waals surface area contributed by atoms with Crippen LogP contribution >= 0.6 is 0 Å². The number of rotatable bonds is 2. The zero-order valence-electron chi connectivity index (χ0n) is 13.0. The molecule has 0 saturated heterocycles. The molecule has 1 amide bonds. The van der Waals surface area contributed by atoms with E-state index in [4.69, 9.17) is 9.47 Å². The van der Waals surface area contributed by atoms with Crippen LogP contribution in [0.3, 0.4) is 0 Å². The van der Waals surface area contributed by atoms with Gasteiger partial charge >= 0.3 is 6.18 Å². The van der Waals surface area contributed by atoms with Gasteiger partial charge in [0.25, 0.3) is 0 Å². The van der Waals surface area contributed by atoms with Crippen LogP contribution in [-0.4, -0.2) is 40.5 Å². The number of aromatic amines is 1. The quantitative estimate of drug-likeness (QED) is 0.901. The maximum absolute atomic E-state index is 12.5. The third-order valence-corrected chi connectivity index (χ3v) is 4.28. The molecule has 2 aliphatic rings. The molecule has 1 aromatic heterocycles. The summed E-state index contributed by atoms with van der Waals surface area (Å²) < 4.78 is 48.0. The number of nitrogens with one attached hydrogen (secondary N) is 1. The summed E-state index contributed by atoms with van der Waals surface area (Å²) in [6.07, 6.45) is -5.51. The summed E-state index contributed by atoms with van der Waals surface area (Å²) in [6, 6.07) is 5.34. The molecule has 4 rings (SSSR count). The first kappa shape index (κ1) is 15.8. The van der Waals surface area contributed by atoms with Crippen molar-refractivity contribution >= 4 is 5.91 Å². The SMILES string of the molecule is O=C(CC(F)(F)F)N1CCc2[nH]nc(-c3ccc4c(c3)OCO4)c2C1. The van der Waals surface area contributed by atoms with Crippen LogP contribution in [0.4, 0.5) is 13.2 Å². The molecule has 3 heterocycles. The van der Waals surface area contributed by atoms with Crippen LogP contribution in [0.25, 0.3) is 11.3 Å². The molecule has 2 aliphatic heterocycles. The van der Waals surface area contributed by atoms with E-state index in [-0.39, 0.29) is 19.9 Å². The molecule has 25 heavy (non-hydrogen) atoms. The van der Waals surface area contributed by atoms with Crippen molar-refractivity contribution in [3.63, 3.8) is 0 Å². The number of fused-ring (bicyclic) bond motifs is 2. The van der Waals surface area contributed by atoms with Gasteiger partial charge in [0.05, 0.1) is 5.69 Å². The van der Waals surface area contributed by atoms with Crippen LogP contribution in [0.2, 0.25) is 0 Å². The number of H-pyrrole nitrogens is 1. The lowest BCUT2D eigenvalue weighted by atomic mass is 10.0. The Bertz CT molecular complexity index is 832. The second-order valence-electron chi connectivity index (χ2n) is 5.95. The Labute approximate surface area is 140 Å². The third-order valence-electron chi connectivity index (χ3n) is 4.28. The fourth-order valence-electron chi connectivity index (χ4n) is 3.07. The van der Waals surface area contributed by atoms with Gasteiger partial charge < -0.3 is 14.4 Å². The summed E-state index contributed by atoms with van der Waals surface area (Å²) in [5.41, 5.74) is 2.94. The molecule has 0 atom stereocenters. The van der Waals surface area contributed by atoms with Crippen LogP contribution in [0.15, 0.2) is 18.2 Å². The molecule has 0 unspecified atom stereocenters. The van der Waals surface area contributed by atoms with Gasteiger partial charge in [-0.2, -0.15) is 18.3 Å². The summed E-state index contributed by atoms with van der Waals surface area (Å²) in [4.78, 5) is 13.1. The summed E-state index contributed by atoms with van der Waals surface area (Å²) in [5, 5.41) is 7.20. The van der Waals surface area contributed by atoms with Crippen molar-refractivity contribution in [2.24, 2.45) is 0 Å². The number of benzene rings is 1. The largest absolute Gasteiger partial charge is 0.454 e. The highest BCUT2D eigenvalue weighted by Crippen LogP contribution is 2.37. The first-order valence-corrected chi connectivity index (χ1v) is 7.71. The predicted molar refractivity (Wildman–Crippen MR) is 79.9 cm³/mol. The second kappa shape index (κ2) is 5.68. The van der Waals surface area contributed by atoms with Crippen molar-refractivity contribution in [3.8, 4) is 22.8 Å². The normalized spacial score (nSPS) is 16.0. The minimum Gasteiger partial charge on any atom is -0.454 e. The maximum Gasteiger partial charge on any atom is 0.397 e. The molecule has 0 saturated carbocycles. The van der Waals surface area contributed by atoms with Gasteiger partial charge in [-0.3, -0.25) is 9.89 Å². The molecule has 6 nitrogen and oxygen atoms in total. The van der Waals surface area contributed by atoms with Crippen LogP contribution in [0, 0.1) is 0 Å². The summed E-state index contributed by atoms with van der Waals surface area (Å²) in [5.74, 6) is 0.307. The number of alkyl halides is 3. The van der Waals surface area contributed by atoms with Gasteiger partial charge in [0.2, 0.25) is 12.7 Å². The van der Waals surface area contributed by atoms with E-state index in [1.54, 1.807) is 18.2 Å². The van der Waals surface area contributed by atoms with Gasteiger partial charge in [-0.1, -0.05) is 0 Å². The highest BCUT2D eigenvalue weighted by atomic mass is 19.4. The standard InChI is InChI=1S/C16H14F3N3O3/c17-16(18,19)6-14(23)22-4-3-11-10(7-22)15(21-20-11)9-1-2-12-13(5-9)25-8-24-12/h1-2,5H,3-4,6-8H2,(H,20,21). The lowest BCUT2D eigenvalue weighted by Gasteiger charge is -2.27. The predicted octanol–water partition coefficient (Wildman–Crippen LogP) is 2.64. The number of ether oxygens (including phenoxy) is 2. The monoisotopic (exact) mass is 353 g/mol. The van der Waals surface area contributed by atoms with E-state index >= 15 is 0 Å². The molecule has 0 radical (unpaired) electrons. The number of carbonyl (C=O) groups is 1. The van der Waals surface area contributed by atoms with Crippen LogP contribution < -0.4 is 9.47 Å². The first-order chi connectivity index (χ1) is 11.9. The molecule has 132 valence electrons. The van der Waals surface area contributed by atoms with Crippen molar-refractivity contribution < 1.29 is 27.4 Å². The molecular formula is C16H14F3N3O3. The summed E-state index contributed by atoms with van der Waals surface area (Å²) in [6.45, 7) is 0.492. The zero-order valence-corrected chi connectivity index (χ0v) is 13.0. The molecular weight excluding hydrogens is 339 g/mol. The Morgan fingerprint density at radius 3 is 2.88 bits per heavy atom. The van der Waals surface area contributed by atoms with E-state index in [0.717, 1.165) is 16.8 Å². The van der Waals surface area contributed by atoms with Gasteiger partial charge in [-0.05, 0) is 18.2 Å². The van der Waals surface area contributed by atoms with Gasteiger partial charge in [0.1, 0.15) is 6.42 Å². The van der Waals surface area contributed by atoms with Crippen LogP contribution in [-0.2, 0) is 17.8 Å². The van der Waals surface area contributed by atoms with E-state index < -0.39 is 18.5 Å². The topological polar surface area (TPSA) is 67.5 Å². The average molecular weight is 353 g/mol. The Morgan fingerprint density at radius 2 is 2.08 bits per heavy atom. The second-order valence-corrected chi connectivity index (χ2v) is 5.95. The lowest BCUT2D eigenvalue weighted by molar-refractivity contribution is -0.162. The van der Waals surface area contributed by atoms with Gasteiger partial charge in [-0.25, -0.2) is 0 Å².